The maximum atomic E-state index is 12.6. The fourth-order valence-corrected chi connectivity index (χ4v) is 3.84. The van der Waals surface area contributed by atoms with E-state index < -0.39 is 5.54 Å². The molecular formula is C19H21N5O. The van der Waals surface area contributed by atoms with Crippen LogP contribution in [0.25, 0.3) is 22.3 Å². The number of aromatic amines is 2. The van der Waals surface area contributed by atoms with Gasteiger partial charge in [-0.1, -0.05) is 18.2 Å². The van der Waals surface area contributed by atoms with E-state index in [0.717, 1.165) is 46.4 Å². The van der Waals surface area contributed by atoms with Crippen molar-refractivity contribution < 1.29 is 4.79 Å². The van der Waals surface area contributed by atoms with Crippen LogP contribution in [0.1, 0.15) is 37.9 Å². The summed E-state index contributed by atoms with van der Waals surface area (Å²) in [5, 5.41) is 12.0. The van der Waals surface area contributed by atoms with Gasteiger partial charge >= 0.3 is 6.03 Å². The van der Waals surface area contributed by atoms with Crippen molar-refractivity contribution in [3.05, 3.63) is 41.6 Å². The second-order valence-corrected chi connectivity index (χ2v) is 7.56. The summed E-state index contributed by atoms with van der Waals surface area (Å²) in [4.78, 5) is 18.0. The molecule has 3 heterocycles. The Kier molecular flexibility index (Phi) is 2.84. The molecule has 1 aliphatic heterocycles. The number of urea groups is 1. The van der Waals surface area contributed by atoms with E-state index >= 15 is 0 Å². The average molecular weight is 335 g/mol. The number of nitrogens with one attached hydrogen (secondary N) is 3. The number of hydrogen-bond donors (Lipinski definition) is 3. The Labute approximate surface area is 145 Å². The number of benzene rings is 1. The van der Waals surface area contributed by atoms with E-state index in [2.05, 4.69) is 52.5 Å². The summed E-state index contributed by atoms with van der Waals surface area (Å²) in [5.74, 6) is 0. The smallest absolute Gasteiger partial charge is 0.318 e. The number of carbonyl (C=O) groups excluding carboxylic acids is 1. The van der Waals surface area contributed by atoms with Crippen LogP contribution in [0, 0.1) is 0 Å². The highest BCUT2D eigenvalue weighted by Crippen LogP contribution is 2.43. The Morgan fingerprint density at radius 2 is 2.12 bits per heavy atom. The highest BCUT2D eigenvalue weighted by Gasteiger charge is 2.45. The Hall–Kier alpha value is -2.76. The summed E-state index contributed by atoms with van der Waals surface area (Å²) < 4.78 is 0. The lowest BCUT2D eigenvalue weighted by molar-refractivity contribution is 0.144. The first-order valence-electron chi connectivity index (χ1n) is 8.78. The molecule has 0 atom stereocenters. The fraction of sp³-hybridized carbons (Fsp3) is 0.368. The van der Waals surface area contributed by atoms with Gasteiger partial charge in [-0.05, 0) is 38.8 Å². The molecule has 0 bridgehead atoms. The van der Waals surface area contributed by atoms with Crippen LogP contribution in [-0.2, 0) is 12.1 Å². The van der Waals surface area contributed by atoms with Gasteiger partial charge in [0, 0.05) is 22.5 Å². The number of amides is 2. The van der Waals surface area contributed by atoms with Crippen molar-refractivity contribution in [1.29, 1.82) is 0 Å². The summed E-state index contributed by atoms with van der Waals surface area (Å²) in [5.41, 5.74) is 4.69. The normalized spacial score (nSPS) is 18.6. The molecule has 1 fully saturated rings. The van der Waals surface area contributed by atoms with Gasteiger partial charge in [-0.15, -0.1) is 0 Å². The van der Waals surface area contributed by atoms with Crippen LogP contribution in [0.15, 0.2) is 30.3 Å². The van der Waals surface area contributed by atoms with Crippen LogP contribution < -0.4 is 5.32 Å². The van der Waals surface area contributed by atoms with Gasteiger partial charge in [0.15, 0.2) is 0 Å². The Balaban J connectivity index is 1.55. The summed E-state index contributed by atoms with van der Waals surface area (Å²) in [6.07, 6.45) is 2.18. The van der Waals surface area contributed by atoms with E-state index in [1.165, 1.54) is 0 Å². The highest BCUT2D eigenvalue weighted by molar-refractivity contribution is 5.86. The molecule has 6 heteroatoms. The number of fused-ring (bicyclic) bond motifs is 2. The molecule has 5 rings (SSSR count). The number of hydrogen-bond acceptors (Lipinski definition) is 2. The molecule has 2 amide bonds. The van der Waals surface area contributed by atoms with Gasteiger partial charge in [0.25, 0.3) is 0 Å². The van der Waals surface area contributed by atoms with Crippen molar-refractivity contribution in [2.24, 2.45) is 0 Å². The number of rotatable bonds is 2. The number of carbonyl (C=O) groups is 1. The summed E-state index contributed by atoms with van der Waals surface area (Å²) in [6, 6.07) is 10.7. The molecule has 0 radical (unpaired) electrons. The van der Waals surface area contributed by atoms with Crippen molar-refractivity contribution in [3.63, 3.8) is 0 Å². The summed E-state index contributed by atoms with van der Waals surface area (Å²) in [6.45, 7) is 4.74. The maximum Gasteiger partial charge on any atom is 0.318 e. The van der Waals surface area contributed by atoms with Crippen LogP contribution in [0.5, 0.6) is 0 Å². The summed E-state index contributed by atoms with van der Waals surface area (Å²) >= 11 is 0. The van der Waals surface area contributed by atoms with Gasteiger partial charge in [0.1, 0.15) is 5.69 Å². The van der Waals surface area contributed by atoms with E-state index in [1.54, 1.807) is 0 Å². The number of aromatic nitrogens is 3. The largest absolute Gasteiger partial charge is 0.353 e. The SMILES string of the molecule is CC1(C)c2c(-c3cc4ccccc4[nH]3)n[nH]c2CN1C(=O)NC1CC1. The lowest BCUT2D eigenvalue weighted by atomic mass is 9.93. The van der Waals surface area contributed by atoms with Crippen molar-refractivity contribution in [1.82, 2.24) is 25.4 Å². The van der Waals surface area contributed by atoms with Crippen LogP contribution >= 0.6 is 0 Å². The van der Waals surface area contributed by atoms with Crippen molar-refractivity contribution >= 4 is 16.9 Å². The number of H-pyrrole nitrogens is 2. The molecular weight excluding hydrogens is 314 g/mol. The van der Waals surface area contributed by atoms with Gasteiger partial charge in [0.05, 0.1) is 23.5 Å². The number of nitrogens with zero attached hydrogens (tertiary/aromatic N) is 2. The molecule has 6 nitrogen and oxygen atoms in total. The van der Waals surface area contributed by atoms with Gasteiger partial charge in [-0.3, -0.25) is 5.10 Å². The third-order valence-corrected chi connectivity index (χ3v) is 5.38. The molecule has 25 heavy (non-hydrogen) atoms. The van der Waals surface area contributed by atoms with Crippen LogP contribution in [0.2, 0.25) is 0 Å². The van der Waals surface area contributed by atoms with Crippen LogP contribution in [0.3, 0.4) is 0 Å². The third kappa shape index (κ3) is 2.17. The second kappa shape index (κ2) is 4.88. The molecule has 128 valence electrons. The van der Waals surface area contributed by atoms with Crippen molar-refractivity contribution in [2.45, 2.75) is 44.8 Å². The first kappa shape index (κ1) is 14.6. The average Bonchev–Trinajstić information content (AvgIpc) is 3.05. The van der Waals surface area contributed by atoms with Gasteiger partial charge in [-0.25, -0.2) is 4.79 Å². The van der Waals surface area contributed by atoms with E-state index in [4.69, 9.17) is 0 Å². The van der Waals surface area contributed by atoms with Crippen molar-refractivity contribution in [3.8, 4) is 11.4 Å². The second-order valence-electron chi connectivity index (χ2n) is 7.56. The molecule has 0 saturated heterocycles. The standard InChI is InChI=1S/C19H21N5O/c1-19(2)16-15(10-24(19)18(25)20-12-7-8-12)22-23-17(16)14-9-11-5-3-4-6-13(11)21-14/h3-6,9,12,21H,7-8,10H2,1-2H3,(H,20,25)(H,22,23). The van der Waals surface area contributed by atoms with Crippen LogP contribution in [-0.4, -0.2) is 32.2 Å². The topological polar surface area (TPSA) is 76.8 Å². The van der Waals surface area contributed by atoms with E-state index in [0.29, 0.717) is 12.6 Å². The van der Waals surface area contributed by atoms with E-state index in [1.807, 2.05) is 17.0 Å². The molecule has 0 unspecified atom stereocenters. The Morgan fingerprint density at radius 1 is 1.32 bits per heavy atom. The first-order valence-corrected chi connectivity index (χ1v) is 8.78. The molecule has 2 aromatic heterocycles. The molecule has 1 saturated carbocycles. The fourth-order valence-electron chi connectivity index (χ4n) is 3.84. The highest BCUT2D eigenvalue weighted by atomic mass is 16.2. The predicted molar refractivity (Wildman–Crippen MR) is 96.0 cm³/mol. The zero-order valence-electron chi connectivity index (χ0n) is 14.4. The third-order valence-electron chi connectivity index (χ3n) is 5.38. The molecule has 1 aromatic carbocycles. The van der Waals surface area contributed by atoms with E-state index in [-0.39, 0.29) is 6.03 Å². The minimum Gasteiger partial charge on any atom is -0.353 e. The van der Waals surface area contributed by atoms with Gasteiger partial charge < -0.3 is 15.2 Å². The predicted octanol–water partition coefficient (Wildman–Crippen LogP) is 3.48. The number of para-hydroxylation sites is 1. The maximum absolute atomic E-state index is 12.6. The Morgan fingerprint density at radius 3 is 2.88 bits per heavy atom. The minimum atomic E-state index is -0.409. The lowest BCUT2D eigenvalue weighted by Crippen LogP contribution is -2.46. The Bertz CT molecular complexity index is 946. The van der Waals surface area contributed by atoms with E-state index in [9.17, 15) is 4.79 Å². The molecule has 0 spiro atoms. The van der Waals surface area contributed by atoms with Crippen LogP contribution in [0.4, 0.5) is 4.79 Å². The molecule has 1 aliphatic carbocycles. The molecule has 3 N–H and O–H groups in total. The monoisotopic (exact) mass is 335 g/mol. The van der Waals surface area contributed by atoms with Crippen molar-refractivity contribution in [2.75, 3.05) is 0 Å². The minimum absolute atomic E-state index is 0.0136. The first-order chi connectivity index (χ1) is 12.0. The van der Waals surface area contributed by atoms with Gasteiger partial charge in [0.2, 0.25) is 0 Å². The van der Waals surface area contributed by atoms with Gasteiger partial charge in [-0.2, -0.15) is 5.10 Å². The quantitative estimate of drug-likeness (QED) is 0.670. The molecule has 3 aromatic rings. The zero-order valence-corrected chi connectivity index (χ0v) is 14.4. The zero-order chi connectivity index (χ0) is 17.2. The lowest BCUT2D eigenvalue weighted by Gasteiger charge is -2.32. The molecule has 2 aliphatic rings. The summed E-state index contributed by atoms with van der Waals surface area (Å²) in [7, 11) is 0.